The Hall–Kier alpha value is -1.06. The van der Waals surface area contributed by atoms with E-state index in [1.807, 2.05) is 0 Å². The Kier molecular flexibility index (Phi) is 2.32. The minimum atomic E-state index is -0.623. The summed E-state index contributed by atoms with van der Waals surface area (Å²) in [6.45, 7) is 5.35. The van der Waals surface area contributed by atoms with Gasteiger partial charge < -0.3 is 14.8 Å². The van der Waals surface area contributed by atoms with Gasteiger partial charge in [0.2, 0.25) is 0 Å². The lowest BCUT2D eigenvalue weighted by Gasteiger charge is -2.21. The number of amides is 1. The first-order chi connectivity index (χ1) is 5.87. The van der Waals surface area contributed by atoms with E-state index in [0.29, 0.717) is 0 Å². The van der Waals surface area contributed by atoms with Crippen molar-refractivity contribution < 1.29 is 15.8 Å². The van der Waals surface area contributed by atoms with E-state index in [-0.39, 0.29) is 1.43 Å². The summed E-state index contributed by atoms with van der Waals surface area (Å²) in [4.78, 5) is 21.7. The molecule has 1 fully saturated rings. The SMILES string of the molecule is CC(C)(C)OC(=O)NC1(C=O)CC1.[HH]. The van der Waals surface area contributed by atoms with Gasteiger partial charge in [-0.1, -0.05) is 0 Å². The van der Waals surface area contributed by atoms with Crippen LogP contribution in [-0.4, -0.2) is 23.5 Å². The van der Waals surface area contributed by atoms with Crippen molar-refractivity contribution in [1.82, 2.24) is 5.32 Å². The second-order valence-electron chi connectivity index (χ2n) is 4.40. The molecule has 13 heavy (non-hydrogen) atoms. The molecule has 0 atom stereocenters. The first-order valence-electron chi connectivity index (χ1n) is 4.34. The van der Waals surface area contributed by atoms with Crippen molar-refractivity contribution in [3.63, 3.8) is 0 Å². The van der Waals surface area contributed by atoms with Crippen molar-refractivity contribution in [2.24, 2.45) is 0 Å². The largest absolute Gasteiger partial charge is 0.444 e. The number of hydrogen-bond donors (Lipinski definition) is 1. The first kappa shape index (κ1) is 10.0. The second kappa shape index (κ2) is 3.01. The van der Waals surface area contributed by atoms with Gasteiger partial charge >= 0.3 is 6.09 Å². The van der Waals surface area contributed by atoms with Gasteiger partial charge in [0, 0.05) is 1.43 Å². The average Bonchev–Trinajstić information content (AvgIpc) is 2.65. The van der Waals surface area contributed by atoms with E-state index in [9.17, 15) is 9.59 Å². The van der Waals surface area contributed by atoms with Crippen LogP contribution in [0, 0.1) is 0 Å². The molecule has 1 N–H and O–H groups in total. The molecule has 76 valence electrons. The zero-order valence-corrected chi connectivity index (χ0v) is 8.22. The zero-order chi connectivity index (χ0) is 10.1. The number of ether oxygens (including phenoxy) is 1. The highest BCUT2D eigenvalue weighted by atomic mass is 16.6. The van der Waals surface area contributed by atoms with Gasteiger partial charge in [-0.3, -0.25) is 0 Å². The number of hydrogen-bond acceptors (Lipinski definition) is 3. The van der Waals surface area contributed by atoms with Crippen LogP contribution in [-0.2, 0) is 9.53 Å². The number of alkyl carbamates (subject to hydrolysis) is 1. The van der Waals surface area contributed by atoms with Crippen molar-refractivity contribution in [3.05, 3.63) is 0 Å². The number of carbonyl (C=O) groups excluding carboxylic acids is 2. The molecule has 0 unspecified atom stereocenters. The highest BCUT2D eigenvalue weighted by Gasteiger charge is 2.44. The third-order valence-corrected chi connectivity index (χ3v) is 1.76. The van der Waals surface area contributed by atoms with Crippen molar-refractivity contribution in [1.29, 1.82) is 0 Å². The van der Waals surface area contributed by atoms with Crippen LogP contribution in [0.3, 0.4) is 0 Å². The molecule has 1 saturated carbocycles. The molecule has 0 aliphatic heterocycles. The molecule has 1 aliphatic carbocycles. The molecule has 1 amide bonds. The first-order valence-corrected chi connectivity index (χ1v) is 4.34. The molecule has 0 spiro atoms. The fourth-order valence-corrected chi connectivity index (χ4v) is 0.914. The average molecular weight is 187 g/mol. The van der Waals surface area contributed by atoms with Crippen molar-refractivity contribution in [2.75, 3.05) is 0 Å². The molecule has 0 aromatic heterocycles. The minimum absolute atomic E-state index is 0. The topological polar surface area (TPSA) is 55.4 Å². The molecular weight excluding hydrogens is 170 g/mol. The molecule has 1 rings (SSSR count). The Morgan fingerprint density at radius 2 is 2.08 bits per heavy atom. The van der Waals surface area contributed by atoms with Gasteiger partial charge in [-0.25, -0.2) is 4.79 Å². The summed E-state index contributed by atoms with van der Waals surface area (Å²) in [5.74, 6) is 0. The monoisotopic (exact) mass is 187 g/mol. The molecule has 0 radical (unpaired) electrons. The quantitative estimate of drug-likeness (QED) is 0.666. The summed E-state index contributed by atoms with van der Waals surface area (Å²) < 4.78 is 5.01. The van der Waals surface area contributed by atoms with Crippen molar-refractivity contribution in [2.45, 2.75) is 44.8 Å². The van der Waals surface area contributed by atoms with E-state index in [0.717, 1.165) is 19.1 Å². The van der Waals surface area contributed by atoms with Crippen LogP contribution in [0.5, 0.6) is 0 Å². The maximum Gasteiger partial charge on any atom is 0.408 e. The summed E-state index contributed by atoms with van der Waals surface area (Å²) in [6.07, 6.45) is 1.69. The van der Waals surface area contributed by atoms with Gasteiger partial charge in [0.05, 0.1) is 5.54 Å². The maximum absolute atomic E-state index is 11.2. The fraction of sp³-hybridized carbons (Fsp3) is 0.778. The second-order valence-corrected chi connectivity index (χ2v) is 4.40. The van der Waals surface area contributed by atoms with Crippen LogP contribution >= 0.6 is 0 Å². The number of nitrogens with one attached hydrogen (secondary N) is 1. The summed E-state index contributed by atoms with van der Waals surface area (Å²) in [5, 5.41) is 2.54. The van der Waals surface area contributed by atoms with Gasteiger partial charge in [0.1, 0.15) is 11.9 Å². The fourth-order valence-electron chi connectivity index (χ4n) is 0.914. The predicted molar refractivity (Wildman–Crippen MR) is 49.5 cm³/mol. The maximum atomic E-state index is 11.2. The normalized spacial score (nSPS) is 19.0. The standard InChI is InChI=1S/C9H15NO3.H2/c1-8(2,3)13-7(12)10-9(6-11)4-5-9;/h6H,4-5H2,1-3H3,(H,10,12);1H. The van der Waals surface area contributed by atoms with Gasteiger partial charge in [-0.15, -0.1) is 0 Å². The molecule has 0 bridgehead atoms. The van der Waals surface area contributed by atoms with Crippen LogP contribution in [0.25, 0.3) is 0 Å². The van der Waals surface area contributed by atoms with E-state index in [2.05, 4.69) is 5.32 Å². The lowest BCUT2D eigenvalue weighted by Crippen LogP contribution is -2.41. The Bertz CT molecular complexity index is 231. The van der Waals surface area contributed by atoms with Gasteiger partial charge in [0.25, 0.3) is 0 Å². The lowest BCUT2D eigenvalue weighted by molar-refractivity contribution is -0.110. The Morgan fingerprint density at radius 1 is 1.54 bits per heavy atom. The minimum Gasteiger partial charge on any atom is -0.444 e. The number of rotatable bonds is 2. The number of aldehydes is 1. The molecule has 4 heteroatoms. The summed E-state index contributed by atoms with van der Waals surface area (Å²) in [5.41, 5.74) is -1.13. The Labute approximate surface area is 79.1 Å². The van der Waals surface area contributed by atoms with E-state index < -0.39 is 17.2 Å². The molecule has 1 aliphatic rings. The van der Waals surface area contributed by atoms with Crippen LogP contribution in [0.2, 0.25) is 0 Å². The Morgan fingerprint density at radius 3 is 2.38 bits per heavy atom. The predicted octanol–water partition coefficient (Wildman–Crippen LogP) is 1.49. The van der Waals surface area contributed by atoms with Crippen molar-refractivity contribution >= 4 is 12.4 Å². The van der Waals surface area contributed by atoms with E-state index in [1.165, 1.54) is 0 Å². The molecule has 0 aromatic rings. The number of carbonyl (C=O) groups is 2. The van der Waals surface area contributed by atoms with E-state index >= 15 is 0 Å². The van der Waals surface area contributed by atoms with Gasteiger partial charge in [-0.05, 0) is 33.6 Å². The van der Waals surface area contributed by atoms with Gasteiger partial charge in [0.15, 0.2) is 0 Å². The van der Waals surface area contributed by atoms with Crippen molar-refractivity contribution in [3.8, 4) is 0 Å². The Balaban J connectivity index is 0.00000169. The van der Waals surface area contributed by atoms with Gasteiger partial charge in [-0.2, -0.15) is 0 Å². The van der Waals surface area contributed by atoms with Crippen LogP contribution < -0.4 is 5.32 Å². The summed E-state index contributed by atoms with van der Waals surface area (Å²) in [6, 6.07) is 0. The molecular formula is C9H17NO3. The zero-order valence-electron chi connectivity index (χ0n) is 8.22. The van der Waals surface area contributed by atoms with Crippen LogP contribution in [0.1, 0.15) is 35.0 Å². The highest BCUT2D eigenvalue weighted by Crippen LogP contribution is 2.33. The molecule has 4 nitrogen and oxygen atoms in total. The van der Waals surface area contributed by atoms with Crippen LogP contribution in [0.15, 0.2) is 0 Å². The smallest absolute Gasteiger partial charge is 0.408 e. The summed E-state index contributed by atoms with van der Waals surface area (Å²) >= 11 is 0. The lowest BCUT2D eigenvalue weighted by atomic mass is 10.2. The molecule has 0 aromatic carbocycles. The molecule has 0 saturated heterocycles. The molecule has 0 heterocycles. The third-order valence-electron chi connectivity index (χ3n) is 1.76. The third kappa shape index (κ3) is 3.05. The van der Waals surface area contributed by atoms with Crippen LogP contribution in [0.4, 0.5) is 4.79 Å². The summed E-state index contributed by atoms with van der Waals surface area (Å²) in [7, 11) is 0. The van der Waals surface area contributed by atoms with E-state index in [1.54, 1.807) is 20.8 Å². The van der Waals surface area contributed by atoms with E-state index in [4.69, 9.17) is 4.74 Å². The highest BCUT2D eigenvalue weighted by molar-refractivity contribution is 5.79.